The molecule has 0 bridgehead atoms. The molecule has 1 aromatic heterocycles. The van der Waals surface area contributed by atoms with Gasteiger partial charge in [0, 0.05) is 54.6 Å². The number of anilines is 3. The van der Waals surface area contributed by atoms with E-state index < -0.39 is 6.04 Å². The molecule has 3 aliphatic rings. The average Bonchev–Trinajstić information content (AvgIpc) is 3.29. The number of allylic oxidation sites excluding steroid dienone is 1. The van der Waals surface area contributed by atoms with E-state index >= 15 is 0 Å². The molecule has 7 nitrogen and oxygen atoms in total. The molecule has 40 heavy (non-hydrogen) atoms. The molecule has 2 aliphatic heterocycles. The van der Waals surface area contributed by atoms with Gasteiger partial charge in [-0.2, -0.15) is 0 Å². The highest BCUT2D eigenvalue weighted by Crippen LogP contribution is 2.48. The van der Waals surface area contributed by atoms with Gasteiger partial charge in [-0.3, -0.25) is 9.59 Å². The van der Waals surface area contributed by atoms with Crippen LogP contribution in [0, 0.1) is 12.3 Å². The molecule has 0 spiro atoms. The van der Waals surface area contributed by atoms with Crippen LogP contribution in [-0.2, 0) is 9.59 Å². The molecule has 1 fully saturated rings. The summed E-state index contributed by atoms with van der Waals surface area (Å²) in [4.78, 5) is 33.9. The van der Waals surface area contributed by atoms with E-state index in [1.54, 1.807) is 0 Å². The predicted octanol–water partition coefficient (Wildman–Crippen LogP) is 6.21. The summed E-state index contributed by atoms with van der Waals surface area (Å²) in [5.41, 5.74) is 4.30. The standard InChI is InChI=1S/C32H35ClN4O3/c1-21-11-12-28(40-21)31-30-25(18-32(2,3)19-27(30)38)34-24-9-4-5-10-26(24)37(31)20-29(39)36-15-13-35(14-16-36)23-8-6-7-22(33)17-23/h4-12,17,31,34H,13-16,18-20H2,1-3H3. The number of hydrogen-bond acceptors (Lipinski definition) is 6. The van der Waals surface area contributed by atoms with E-state index in [4.69, 9.17) is 16.0 Å². The highest BCUT2D eigenvalue weighted by atomic mass is 35.5. The zero-order valence-corrected chi connectivity index (χ0v) is 24.0. The van der Waals surface area contributed by atoms with Crippen molar-refractivity contribution in [3.05, 3.63) is 88.5 Å². The number of halogens is 1. The van der Waals surface area contributed by atoms with Gasteiger partial charge < -0.3 is 24.4 Å². The van der Waals surface area contributed by atoms with E-state index in [2.05, 4.69) is 29.0 Å². The third-order valence-electron chi connectivity index (χ3n) is 8.15. The number of nitrogens with zero attached hydrogens (tertiary/aromatic N) is 3. The van der Waals surface area contributed by atoms with Gasteiger partial charge in [0.1, 0.15) is 17.6 Å². The van der Waals surface area contributed by atoms with Gasteiger partial charge in [0.2, 0.25) is 5.91 Å². The van der Waals surface area contributed by atoms with Crippen molar-refractivity contribution in [1.82, 2.24) is 4.90 Å². The zero-order chi connectivity index (χ0) is 28.0. The van der Waals surface area contributed by atoms with E-state index in [9.17, 15) is 9.59 Å². The quantitative estimate of drug-likeness (QED) is 0.411. The molecule has 1 unspecified atom stereocenters. The normalized spacial score (nSPS) is 20.6. The smallest absolute Gasteiger partial charge is 0.242 e. The molecular formula is C32H35ClN4O3. The fraction of sp³-hybridized carbons (Fsp3) is 0.375. The molecule has 208 valence electrons. The molecule has 1 saturated heterocycles. The van der Waals surface area contributed by atoms with Crippen LogP contribution < -0.4 is 15.1 Å². The average molecular weight is 559 g/mol. The van der Waals surface area contributed by atoms with Gasteiger partial charge in [0.05, 0.1) is 17.9 Å². The van der Waals surface area contributed by atoms with Gasteiger partial charge in [0.25, 0.3) is 0 Å². The molecule has 2 aromatic carbocycles. The van der Waals surface area contributed by atoms with Crippen molar-refractivity contribution < 1.29 is 14.0 Å². The first-order valence-corrected chi connectivity index (χ1v) is 14.3. The number of fused-ring (bicyclic) bond motifs is 1. The molecule has 0 radical (unpaired) electrons. The van der Waals surface area contributed by atoms with Crippen LogP contribution in [0.4, 0.5) is 17.1 Å². The Balaban J connectivity index is 1.33. The Morgan fingerprint density at radius 3 is 2.52 bits per heavy atom. The highest BCUT2D eigenvalue weighted by Gasteiger charge is 2.43. The number of piperazine rings is 1. The molecule has 6 rings (SSSR count). The summed E-state index contributed by atoms with van der Waals surface area (Å²) in [7, 11) is 0. The minimum absolute atomic E-state index is 0.0291. The molecule has 1 amide bonds. The maximum atomic E-state index is 13.9. The van der Waals surface area contributed by atoms with Crippen LogP contribution >= 0.6 is 11.6 Å². The lowest BCUT2D eigenvalue weighted by atomic mass is 9.74. The molecule has 3 heterocycles. The number of carbonyl (C=O) groups excluding carboxylic acids is 2. The van der Waals surface area contributed by atoms with Crippen LogP contribution in [0.25, 0.3) is 0 Å². The first-order valence-electron chi connectivity index (χ1n) is 13.9. The van der Waals surface area contributed by atoms with Gasteiger partial charge in [-0.15, -0.1) is 0 Å². The minimum atomic E-state index is -0.500. The molecule has 0 saturated carbocycles. The van der Waals surface area contributed by atoms with E-state index in [1.165, 1.54) is 0 Å². The first-order chi connectivity index (χ1) is 19.2. The largest absolute Gasteiger partial charge is 0.464 e. The number of Topliss-reactive ketones (excluding diaryl/α,β-unsaturated/α-hetero) is 1. The second kappa shape index (κ2) is 10.4. The van der Waals surface area contributed by atoms with Crippen LogP contribution in [0.2, 0.25) is 5.02 Å². The maximum Gasteiger partial charge on any atom is 0.242 e. The Kier molecular flexibility index (Phi) is 6.87. The molecular weight excluding hydrogens is 524 g/mol. The summed E-state index contributed by atoms with van der Waals surface area (Å²) in [5, 5.41) is 4.30. The number of benzene rings is 2. The highest BCUT2D eigenvalue weighted by molar-refractivity contribution is 6.30. The lowest BCUT2D eigenvalue weighted by molar-refractivity contribution is -0.130. The Morgan fingerprint density at radius 1 is 1.02 bits per heavy atom. The number of nitrogens with one attached hydrogen (secondary N) is 1. The fourth-order valence-corrected chi connectivity index (χ4v) is 6.44. The number of amides is 1. The predicted molar refractivity (Wildman–Crippen MR) is 159 cm³/mol. The lowest BCUT2D eigenvalue weighted by Crippen LogP contribution is -2.52. The van der Waals surface area contributed by atoms with E-state index in [-0.39, 0.29) is 23.7 Å². The molecule has 3 aromatic rings. The van der Waals surface area contributed by atoms with Crippen molar-refractivity contribution in [2.24, 2.45) is 5.41 Å². The van der Waals surface area contributed by atoms with Crippen LogP contribution in [0.15, 0.2) is 76.4 Å². The van der Waals surface area contributed by atoms with E-state index in [0.29, 0.717) is 35.9 Å². The van der Waals surface area contributed by atoms with Crippen LogP contribution in [0.5, 0.6) is 0 Å². The molecule has 1 aliphatic carbocycles. The van der Waals surface area contributed by atoms with Crippen molar-refractivity contribution in [2.45, 2.75) is 39.7 Å². The van der Waals surface area contributed by atoms with Gasteiger partial charge in [-0.1, -0.05) is 43.6 Å². The Bertz CT molecular complexity index is 1480. The summed E-state index contributed by atoms with van der Waals surface area (Å²) in [5.74, 6) is 1.57. The Labute approximate surface area is 240 Å². The summed E-state index contributed by atoms with van der Waals surface area (Å²) >= 11 is 6.21. The van der Waals surface area contributed by atoms with Crippen molar-refractivity contribution in [3.63, 3.8) is 0 Å². The fourth-order valence-electron chi connectivity index (χ4n) is 6.26. The van der Waals surface area contributed by atoms with Crippen LogP contribution in [0.1, 0.15) is 44.3 Å². The third kappa shape index (κ3) is 5.10. The zero-order valence-electron chi connectivity index (χ0n) is 23.2. The van der Waals surface area contributed by atoms with Crippen molar-refractivity contribution in [2.75, 3.05) is 47.8 Å². The Hall–Kier alpha value is -3.71. The summed E-state index contributed by atoms with van der Waals surface area (Å²) in [6, 6.07) is 19.2. The van der Waals surface area contributed by atoms with Crippen molar-refractivity contribution >= 4 is 40.4 Å². The number of aryl methyl sites for hydroxylation is 1. The van der Waals surface area contributed by atoms with Crippen molar-refractivity contribution in [3.8, 4) is 0 Å². The number of ketones is 1. The third-order valence-corrected chi connectivity index (χ3v) is 8.38. The molecule has 8 heteroatoms. The number of para-hydroxylation sites is 2. The van der Waals surface area contributed by atoms with Gasteiger partial charge in [-0.05, 0) is 61.2 Å². The van der Waals surface area contributed by atoms with E-state index in [1.807, 2.05) is 72.5 Å². The molecule has 1 N–H and O–H groups in total. The van der Waals surface area contributed by atoms with Crippen molar-refractivity contribution in [1.29, 1.82) is 0 Å². The van der Waals surface area contributed by atoms with Gasteiger partial charge in [-0.25, -0.2) is 0 Å². The summed E-state index contributed by atoms with van der Waals surface area (Å²) < 4.78 is 6.17. The second-order valence-corrected chi connectivity index (χ2v) is 12.2. The SMILES string of the molecule is Cc1ccc(C2C3=C(CC(C)(C)CC3=O)Nc3ccccc3N2CC(=O)N2CCN(c3cccc(Cl)c3)CC2)o1. The summed E-state index contributed by atoms with van der Waals surface area (Å²) in [6.45, 7) is 8.99. The number of furan rings is 1. The van der Waals surface area contributed by atoms with Crippen LogP contribution in [0.3, 0.4) is 0 Å². The number of rotatable bonds is 4. The number of hydrogen-bond donors (Lipinski definition) is 1. The van der Waals surface area contributed by atoms with Gasteiger partial charge in [0.15, 0.2) is 5.78 Å². The second-order valence-electron chi connectivity index (χ2n) is 11.8. The monoisotopic (exact) mass is 558 g/mol. The topological polar surface area (TPSA) is 69.0 Å². The minimum Gasteiger partial charge on any atom is -0.464 e. The first kappa shape index (κ1) is 26.5. The van der Waals surface area contributed by atoms with Gasteiger partial charge >= 0.3 is 0 Å². The van der Waals surface area contributed by atoms with Crippen LogP contribution in [-0.4, -0.2) is 49.3 Å². The maximum absolute atomic E-state index is 13.9. The summed E-state index contributed by atoms with van der Waals surface area (Å²) in [6.07, 6.45) is 1.19. The number of carbonyl (C=O) groups is 2. The lowest BCUT2D eigenvalue weighted by Gasteiger charge is -2.39. The molecule has 1 atom stereocenters. The van der Waals surface area contributed by atoms with E-state index in [0.717, 1.165) is 48.0 Å². The Morgan fingerprint density at radius 2 is 1.80 bits per heavy atom.